The molecule has 22 heavy (non-hydrogen) atoms. The summed E-state index contributed by atoms with van der Waals surface area (Å²) in [4.78, 5) is 12.6. The van der Waals surface area contributed by atoms with Crippen LogP contribution in [-0.4, -0.2) is 15.0 Å². The highest BCUT2D eigenvalue weighted by Crippen LogP contribution is 2.12. The topological polar surface area (TPSA) is 59.9 Å². The quantitative estimate of drug-likeness (QED) is 0.756. The summed E-state index contributed by atoms with van der Waals surface area (Å²) in [5.41, 5.74) is 2.18. The van der Waals surface area contributed by atoms with Gasteiger partial charge in [-0.25, -0.2) is 0 Å². The minimum Gasteiger partial charge on any atom is -0.472 e. The van der Waals surface area contributed by atoms with Crippen LogP contribution in [0.2, 0.25) is 0 Å². The van der Waals surface area contributed by atoms with Crippen LogP contribution in [0, 0.1) is 0 Å². The number of nitrogens with one attached hydrogen (secondary N) is 1. The van der Waals surface area contributed by atoms with Gasteiger partial charge in [-0.2, -0.15) is 4.98 Å². The van der Waals surface area contributed by atoms with Crippen molar-refractivity contribution in [3.63, 3.8) is 0 Å². The molecule has 0 unspecified atom stereocenters. The van der Waals surface area contributed by atoms with Crippen LogP contribution in [-0.2, 0) is 13.2 Å². The lowest BCUT2D eigenvalue weighted by Gasteiger charge is -2.08. The lowest BCUT2D eigenvalue weighted by atomic mass is 10.2. The molecular weight excluding hydrogens is 276 g/mol. The Morgan fingerprint density at radius 3 is 2.55 bits per heavy atom. The molecule has 110 valence electrons. The summed E-state index contributed by atoms with van der Waals surface area (Å²) in [5, 5.41) is 3.21. The van der Waals surface area contributed by atoms with Gasteiger partial charge >= 0.3 is 0 Å². The Bertz CT molecular complexity index is 645. The normalized spacial score (nSPS) is 10.2. The molecule has 0 saturated carbocycles. The van der Waals surface area contributed by atoms with E-state index < -0.39 is 0 Å². The largest absolute Gasteiger partial charge is 0.472 e. The number of rotatable bonds is 6. The SMILES string of the molecule is c1ccc(COc2cncc(NCc3cccnc3)n2)cc1. The fraction of sp³-hybridized carbons (Fsp3) is 0.118. The molecule has 0 aliphatic rings. The Morgan fingerprint density at radius 1 is 0.864 bits per heavy atom. The maximum Gasteiger partial charge on any atom is 0.234 e. The first-order chi connectivity index (χ1) is 10.9. The van der Waals surface area contributed by atoms with E-state index in [1.54, 1.807) is 18.6 Å². The van der Waals surface area contributed by atoms with Crippen LogP contribution in [0.25, 0.3) is 0 Å². The third-order valence-electron chi connectivity index (χ3n) is 3.04. The maximum absolute atomic E-state index is 5.66. The molecule has 0 fully saturated rings. The molecular formula is C17H16N4O. The summed E-state index contributed by atoms with van der Waals surface area (Å²) in [6, 6.07) is 13.9. The van der Waals surface area contributed by atoms with Crippen molar-refractivity contribution in [2.45, 2.75) is 13.2 Å². The van der Waals surface area contributed by atoms with E-state index in [0.717, 1.165) is 11.1 Å². The zero-order valence-corrected chi connectivity index (χ0v) is 12.0. The van der Waals surface area contributed by atoms with Crippen LogP contribution < -0.4 is 10.1 Å². The molecule has 0 radical (unpaired) electrons. The molecule has 2 aromatic heterocycles. The smallest absolute Gasteiger partial charge is 0.234 e. The third-order valence-corrected chi connectivity index (χ3v) is 3.04. The summed E-state index contributed by atoms with van der Waals surface area (Å²) in [5.74, 6) is 1.18. The standard InChI is InChI=1S/C17H16N4O/c1-2-5-14(6-3-1)13-22-17-12-19-11-16(21-17)20-10-15-7-4-8-18-9-15/h1-9,11-12H,10,13H2,(H,20,21). The van der Waals surface area contributed by atoms with Crippen molar-refractivity contribution in [3.8, 4) is 5.88 Å². The Labute approximate surface area is 129 Å². The van der Waals surface area contributed by atoms with Crippen molar-refractivity contribution in [1.82, 2.24) is 15.0 Å². The van der Waals surface area contributed by atoms with Gasteiger partial charge in [-0.05, 0) is 17.2 Å². The van der Waals surface area contributed by atoms with Crippen molar-refractivity contribution in [2.75, 3.05) is 5.32 Å². The van der Waals surface area contributed by atoms with E-state index in [4.69, 9.17) is 4.74 Å². The highest BCUT2D eigenvalue weighted by atomic mass is 16.5. The number of aromatic nitrogens is 3. The van der Waals surface area contributed by atoms with E-state index in [2.05, 4.69) is 20.3 Å². The van der Waals surface area contributed by atoms with Crippen molar-refractivity contribution >= 4 is 5.82 Å². The van der Waals surface area contributed by atoms with Gasteiger partial charge in [0.25, 0.3) is 0 Å². The molecule has 5 nitrogen and oxygen atoms in total. The Kier molecular flexibility index (Phi) is 4.57. The molecule has 1 aromatic carbocycles. The predicted molar refractivity (Wildman–Crippen MR) is 84.4 cm³/mol. The summed E-state index contributed by atoms with van der Waals surface area (Å²) < 4.78 is 5.66. The van der Waals surface area contributed by atoms with E-state index in [1.807, 2.05) is 48.7 Å². The van der Waals surface area contributed by atoms with Crippen molar-refractivity contribution in [1.29, 1.82) is 0 Å². The third kappa shape index (κ3) is 4.02. The summed E-state index contributed by atoms with van der Waals surface area (Å²) in [6.45, 7) is 1.12. The van der Waals surface area contributed by atoms with Crippen LogP contribution in [0.5, 0.6) is 5.88 Å². The van der Waals surface area contributed by atoms with E-state index >= 15 is 0 Å². The van der Waals surface area contributed by atoms with Crippen LogP contribution in [0.4, 0.5) is 5.82 Å². The molecule has 0 aliphatic heterocycles. The van der Waals surface area contributed by atoms with Gasteiger partial charge in [0.1, 0.15) is 12.4 Å². The van der Waals surface area contributed by atoms with Gasteiger partial charge in [-0.3, -0.25) is 9.97 Å². The average Bonchev–Trinajstić information content (AvgIpc) is 2.60. The first-order valence-electron chi connectivity index (χ1n) is 7.02. The number of anilines is 1. The first-order valence-corrected chi connectivity index (χ1v) is 7.02. The molecule has 2 heterocycles. The number of ether oxygens (including phenoxy) is 1. The molecule has 0 aliphatic carbocycles. The number of pyridine rings is 1. The molecule has 0 amide bonds. The average molecular weight is 292 g/mol. The lowest BCUT2D eigenvalue weighted by molar-refractivity contribution is 0.293. The summed E-state index contributed by atoms with van der Waals surface area (Å²) in [6.07, 6.45) is 6.85. The minimum atomic E-state index is 0.474. The van der Waals surface area contributed by atoms with Gasteiger partial charge in [0, 0.05) is 18.9 Å². The Balaban J connectivity index is 1.58. The highest BCUT2D eigenvalue weighted by molar-refractivity contribution is 5.34. The van der Waals surface area contributed by atoms with Crippen molar-refractivity contribution < 1.29 is 4.74 Å². The molecule has 0 spiro atoms. The number of benzene rings is 1. The number of nitrogens with zero attached hydrogens (tertiary/aromatic N) is 3. The van der Waals surface area contributed by atoms with Crippen LogP contribution >= 0.6 is 0 Å². The Morgan fingerprint density at radius 2 is 1.73 bits per heavy atom. The van der Waals surface area contributed by atoms with Gasteiger partial charge in [-0.15, -0.1) is 0 Å². The van der Waals surface area contributed by atoms with Gasteiger partial charge in [0.05, 0.1) is 12.4 Å². The van der Waals surface area contributed by atoms with Crippen molar-refractivity contribution in [3.05, 3.63) is 78.4 Å². The zero-order chi connectivity index (χ0) is 15.0. The van der Waals surface area contributed by atoms with Gasteiger partial charge in [0.2, 0.25) is 5.88 Å². The maximum atomic E-state index is 5.66. The van der Waals surface area contributed by atoms with Gasteiger partial charge in [-0.1, -0.05) is 36.4 Å². The Hall–Kier alpha value is -2.95. The van der Waals surface area contributed by atoms with E-state index in [-0.39, 0.29) is 0 Å². The second kappa shape index (κ2) is 7.17. The molecule has 3 rings (SSSR count). The monoisotopic (exact) mass is 292 g/mol. The van der Waals surface area contributed by atoms with E-state index in [9.17, 15) is 0 Å². The number of hydrogen-bond acceptors (Lipinski definition) is 5. The molecule has 1 N–H and O–H groups in total. The van der Waals surface area contributed by atoms with Crippen LogP contribution in [0.15, 0.2) is 67.3 Å². The second-order valence-electron chi connectivity index (χ2n) is 4.73. The molecule has 5 heteroatoms. The summed E-state index contributed by atoms with van der Waals surface area (Å²) >= 11 is 0. The van der Waals surface area contributed by atoms with E-state index in [1.165, 1.54) is 0 Å². The molecule has 0 bridgehead atoms. The van der Waals surface area contributed by atoms with Crippen LogP contribution in [0.3, 0.4) is 0 Å². The lowest BCUT2D eigenvalue weighted by Crippen LogP contribution is -2.04. The van der Waals surface area contributed by atoms with Crippen molar-refractivity contribution in [2.24, 2.45) is 0 Å². The van der Waals surface area contributed by atoms with E-state index in [0.29, 0.717) is 24.8 Å². The fourth-order valence-corrected chi connectivity index (χ4v) is 1.93. The second-order valence-corrected chi connectivity index (χ2v) is 4.73. The number of hydrogen-bond donors (Lipinski definition) is 1. The first kappa shape index (κ1) is 14.0. The van der Waals surface area contributed by atoms with Crippen LogP contribution in [0.1, 0.15) is 11.1 Å². The van der Waals surface area contributed by atoms with Gasteiger partial charge < -0.3 is 10.1 Å². The molecule has 3 aromatic rings. The minimum absolute atomic E-state index is 0.474. The molecule has 0 saturated heterocycles. The fourth-order valence-electron chi connectivity index (χ4n) is 1.93. The zero-order valence-electron chi connectivity index (χ0n) is 12.0. The highest BCUT2D eigenvalue weighted by Gasteiger charge is 2.01. The van der Waals surface area contributed by atoms with Gasteiger partial charge in [0.15, 0.2) is 0 Å². The molecule has 0 atom stereocenters. The summed E-state index contributed by atoms with van der Waals surface area (Å²) in [7, 11) is 0. The predicted octanol–water partition coefficient (Wildman–Crippen LogP) is 3.06.